The van der Waals surface area contributed by atoms with Gasteiger partial charge in [-0.25, -0.2) is 4.79 Å². The Morgan fingerprint density at radius 1 is 1.05 bits per heavy atom. The highest BCUT2D eigenvalue weighted by molar-refractivity contribution is 5.99. The molecule has 0 radical (unpaired) electrons. The molecule has 4 rings (SSSR count). The summed E-state index contributed by atoms with van der Waals surface area (Å²) >= 11 is 0. The number of non-ortho nitro benzene ring substituents is 1. The molecule has 0 bridgehead atoms. The summed E-state index contributed by atoms with van der Waals surface area (Å²) in [6.45, 7) is 2.70. The largest absolute Gasteiger partial charge is 0.459 e. The van der Waals surface area contributed by atoms with Gasteiger partial charge in [0, 0.05) is 25.3 Å². The van der Waals surface area contributed by atoms with Crippen LogP contribution in [0.3, 0.4) is 0 Å². The summed E-state index contributed by atoms with van der Waals surface area (Å²) in [5.41, 5.74) is 0.151. The molecule has 194 valence electrons. The number of likely N-dealkylation sites (tertiary alicyclic amines) is 1. The van der Waals surface area contributed by atoms with Gasteiger partial charge >= 0.3 is 11.9 Å². The van der Waals surface area contributed by atoms with Crippen LogP contribution in [-0.4, -0.2) is 45.7 Å². The fourth-order valence-electron chi connectivity index (χ4n) is 4.12. The molecule has 10 nitrogen and oxygen atoms in total. The van der Waals surface area contributed by atoms with Gasteiger partial charge in [-0.3, -0.25) is 29.6 Å². The van der Waals surface area contributed by atoms with Crippen LogP contribution in [0.15, 0.2) is 89.9 Å². The Hall–Kier alpha value is -4.86. The van der Waals surface area contributed by atoms with Crippen molar-refractivity contribution < 1.29 is 28.8 Å². The highest BCUT2D eigenvalue weighted by Gasteiger charge is 2.63. The Morgan fingerprint density at radius 2 is 1.66 bits per heavy atom. The summed E-state index contributed by atoms with van der Waals surface area (Å²) in [6.07, 6.45) is 0.178. The Balaban J connectivity index is 1.63. The first kappa shape index (κ1) is 26.2. The van der Waals surface area contributed by atoms with E-state index in [1.165, 1.54) is 44.3 Å². The maximum absolute atomic E-state index is 13.6. The maximum Gasteiger partial charge on any atom is 0.334 e. The van der Waals surface area contributed by atoms with Gasteiger partial charge in [0.05, 0.1) is 4.92 Å². The standard InChI is InChI=1S/C28H25N3O7/c1-19(32)38-27-28(2,29-17-20-13-15-23(16-14-20)31(35)36)26(34)30(27)24(22-11-7-4-8-12-22)25(33)37-18-21-9-5-3-6-10-21/h3-17,24,27H,18H2,1-2H3/t24?,27-,28+/m1/s1. The molecule has 3 aromatic carbocycles. The Labute approximate surface area is 218 Å². The fraction of sp³-hybridized carbons (Fsp3) is 0.214. The number of nitro benzene ring substituents is 1. The lowest BCUT2D eigenvalue weighted by molar-refractivity contribution is -0.384. The number of nitro groups is 1. The number of carbonyl (C=O) groups excluding carboxylic acids is 3. The third kappa shape index (κ3) is 5.44. The van der Waals surface area contributed by atoms with Crippen molar-refractivity contribution in [2.75, 3.05) is 0 Å². The van der Waals surface area contributed by atoms with Crippen LogP contribution in [0.1, 0.15) is 36.6 Å². The van der Waals surface area contributed by atoms with Crippen LogP contribution in [0, 0.1) is 10.1 Å². The zero-order chi connectivity index (χ0) is 27.3. The molecule has 10 heteroatoms. The van der Waals surface area contributed by atoms with Crippen LogP contribution >= 0.6 is 0 Å². The van der Waals surface area contributed by atoms with Gasteiger partial charge < -0.3 is 9.47 Å². The summed E-state index contributed by atoms with van der Waals surface area (Å²) in [7, 11) is 0. The molecule has 38 heavy (non-hydrogen) atoms. The lowest BCUT2D eigenvalue weighted by Crippen LogP contribution is -2.74. The smallest absolute Gasteiger partial charge is 0.334 e. The van der Waals surface area contributed by atoms with Gasteiger partial charge in [-0.2, -0.15) is 0 Å². The van der Waals surface area contributed by atoms with Crippen molar-refractivity contribution in [2.45, 2.75) is 38.3 Å². The van der Waals surface area contributed by atoms with Crippen molar-refractivity contribution >= 4 is 29.7 Å². The van der Waals surface area contributed by atoms with Crippen LogP contribution in [-0.2, 0) is 30.5 Å². The van der Waals surface area contributed by atoms with E-state index in [-0.39, 0.29) is 12.3 Å². The monoisotopic (exact) mass is 515 g/mol. The van der Waals surface area contributed by atoms with Crippen molar-refractivity contribution in [3.05, 3.63) is 112 Å². The Bertz CT molecular complexity index is 1360. The van der Waals surface area contributed by atoms with Crippen LogP contribution in [0.4, 0.5) is 5.69 Å². The molecule has 1 aliphatic rings. The fourth-order valence-corrected chi connectivity index (χ4v) is 4.12. The van der Waals surface area contributed by atoms with Crippen LogP contribution < -0.4 is 0 Å². The average molecular weight is 516 g/mol. The number of esters is 2. The molecule has 0 spiro atoms. The average Bonchev–Trinajstić information content (AvgIpc) is 2.93. The molecule has 1 unspecified atom stereocenters. The molecular formula is C28H25N3O7. The van der Waals surface area contributed by atoms with E-state index in [9.17, 15) is 24.5 Å². The van der Waals surface area contributed by atoms with E-state index in [4.69, 9.17) is 9.47 Å². The molecule has 1 amide bonds. The number of aliphatic imine (C=N–C) groups is 1. The molecule has 0 saturated carbocycles. The number of amides is 1. The summed E-state index contributed by atoms with van der Waals surface area (Å²) in [5.74, 6) is -1.90. The molecule has 1 heterocycles. The van der Waals surface area contributed by atoms with Crippen LogP contribution in [0.5, 0.6) is 0 Å². The van der Waals surface area contributed by atoms with E-state index in [1.807, 2.05) is 30.3 Å². The molecule has 3 aromatic rings. The van der Waals surface area contributed by atoms with E-state index in [2.05, 4.69) is 4.99 Å². The summed E-state index contributed by atoms with van der Waals surface area (Å²) < 4.78 is 11.1. The van der Waals surface area contributed by atoms with Gasteiger partial charge in [0.25, 0.3) is 11.6 Å². The lowest BCUT2D eigenvalue weighted by atomic mass is 9.85. The lowest BCUT2D eigenvalue weighted by Gasteiger charge is -2.52. The van der Waals surface area contributed by atoms with E-state index in [1.54, 1.807) is 30.3 Å². The van der Waals surface area contributed by atoms with Gasteiger partial charge in [-0.15, -0.1) is 0 Å². The first-order valence-electron chi connectivity index (χ1n) is 11.8. The predicted octanol–water partition coefficient (Wildman–Crippen LogP) is 3.99. The number of carbonyl (C=O) groups is 3. The minimum absolute atomic E-state index is 0.00116. The zero-order valence-electron chi connectivity index (χ0n) is 20.7. The Morgan fingerprint density at radius 3 is 2.24 bits per heavy atom. The van der Waals surface area contributed by atoms with Crippen molar-refractivity contribution in [2.24, 2.45) is 4.99 Å². The molecule has 1 aliphatic heterocycles. The highest BCUT2D eigenvalue weighted by atomic mass is 16.6. The SMILES string of the molecule is CC(=O)O[C@H]1N(C(C(=O)OCc2ccccc2)c2ccccc2)C(=O)[C@]1(C)N=Cc1ccc([N+](=O)[O-])cc1. The normalized spacial score (nSPS) is 19.5. The first-order chi connectivity index (χ1) is 18.2. The highest BCUT2D eigenvalue weighted by Crippen LogP contribution is 2.42. The number of rotatable bonds is 9. The number of hydrogen-bond acceptors (Lipinski definition) is 8. The zero-order valence-corrected chi connectivity index (χ0v) is 20.7. The van der Waals surface area contributed by atoms with Crippen LogP contribution in [0.25, 0.3) is 0 Å². The maximum atomic E-state index is 13.6. The quantitative estimate of drug-likeness (QED) is 0.139. The molecule has 3 atom stereocenters. The summed E-state index contributed by atoms with van der Waals surface area (Å²) in [6, 6.07) is 22.1. The molecule has 1 fully saturated rings. The second-order valence-electron chi connectivity index (χ2n) is 8.84. The molecule has 0 N–H and O–H groups in total. The summed E-state index contributed by atoms with van der Waals surface area (Å²) in [4.78, 5) is 54.9. The number of nitrogens with zero attached hydrogens (tertiary/aromatic N) is 3. The number of ether oxygens (including phenoxy) is 2. The van der Waals surface area contributed by atoms with Gasteiger partial charge in [0.1, 0.15) is 6.61 Å². The molecule has 1 saturated heterocycles. The van der Waals surface area contributed by atoms with E-state index < -0.39 is 40.6 Å². The predicted molar refractivity (Wildman–Crippen MR) is 137 cm³/mol. The molecular weight excluding hydrogens is 490 g/mol. The summed E-state index contributed by atoms with van der Waals surface area (Å²) in [5, 5.41) is 10.9. The van der Waals surface area contributed by atoms with Crippen LogP contribution in [0.2, 0.25) is 0 Å². The van der Waals surface area contributed by atoms with Gasteiger partial charge in [0.15, 0.2) is 11.6 Å². The minimum Gasteiger partial charge on any atom is -0.459 e. The van der Waals surface area contributed by atoms with E-state index in [0.717, 1.165) is 10.5 Å². The van der Waals surface area contributed by atoms with Crippen molar-refractivity contribution in [1.29, 1.82) is 0 Å². The molecule has 0 aliphatic carbocycles. The van der Waals surface area contributed by atoms with E-state index >= 15 is 0 Å². The van der Waals surface area contributed by atoms with Crippen molar-refractivity contribution in [3.63, 3.8) is 0 Å². The van der Waals surface area contributed by atoms with Gasteiger partial charge in [0.2, 0.25) is 6.23 Å². The second-order valence-corrected chi connectivity index (χ2v) is 8.84. The number of β-lactam (4-membered cyclic amide) rings is 1. The Kier molecular flexibility index (Phi) is 7.61. The first-order valence-corrected chi connectivity index (χ1v) is 11.8. The van der Waals surface area contributed by atoms with Crippen molar-refractivity contribution in [1.82, 2.24) is 4.90 Å². The molecule has 0 aromatic heterocycles. The third-order valence-electron chi connectivity index (χ3n) is 6.10. The topological polar surface area (TPSA) is 128 Å². The van der Waals surface area contributed by atoms with Gasteiger partial charge in [-0.05, 0) is 35.7 Å². The number of hydrogen-bond donors (Lipinski definition) is 0. The van der Waals surface area contributed by atoms with Crippen molar-refractivity contribution in [3.8, 4) is 0 Å². The van der Waals surface area contributed by atoms with Gasteiger partial charge in [-0.1, -0.05) is 60.7 Å². The third-order valence-corrected chi connectivity index (χ3v) is 6.10. The van der Waals surface area contributed by atoms with E-state index in [0.29, 0.717) is 11.1 Å². The number of benzene rings is 3. The second kappa shape index (κ2) is 11.0. The minimum atomic E-state index is -1.53.